The molecule has 0 amide bonds. The fourth-order valence-electron chi connectivity index (χ4n) is 0.109. The molecule has 1 N–H and O–H groups in total. The maximum atomic E-state index is 8.57. The van der Waals surface area contributed by atoms with Crippen molar-refractivity contribution in [3.63, 3.8) is 0 Å². The van der Waals surface area contributed by atoms with Crippen LogP contribution in [0.5, 0.6) is 0 Å². The Morgan fingerprint density at radius 2 is 2.33 bits per heavy atom. The van der Waals surface area contributed by atoms with Crippen LogP contribution in [-0.2, 0) is 0 Å². The molecule has 0 aromatic carbocycles. The average Bonchev–Trinajstić information content (AvgIpc) is 1.65. The molecule has 0 aromatic rings. The molecule has 0 fully saturated rings. The van der Waals surface area contributed by atoms with E-state index in [-0.39, 0.29) is 6.10 Å². The van der Waals surface area contributed by atoms with E-state index in [1.165, 1.54) is 0 Å². The predicted octanol–water partition coefficient (Wildman–Crippen LogP) is 0.173. The van der Waals surface area contributed by atoms with Crippen molar-refractivity contribution in [3.8, 4) is 0 Å². The second-order valence-corrected chi connectivity index (χ2v) is 2.34. The SMILES string of the molecule is OC([CH2][Na])CCl. The Balaban J connectivity index is 2.75. The molecule has 1 nitrogen and oxygen atoms in total. The van der Waals surface area contributed by atoms with E-state index < -0.39 is 0 Å². The van der Waals surface area contributed by atoms with Gasteiger partial charge in [0, 0.05) is 0 Å². The number of halogens is 1. The number of aliphatic hydroxyl groups excluding tert-OH is 1. The Morgan fingerprint density at radius 3 is 2.33 bits per heavy atom. The Bertz CT molecular complexity index is 30.0. The van der Waals surface area contributed by atoms with E-state index in [9.17, 15) is 0 Å². The van der Waals surface area contributed by atoms with Crippen LogP contribution in [0.1, 0.15) is 0 Å². The van der Waals surface area contributed by atoms with Gasteiger partial charge in [-0.25, -0.2) is 0 Å². The molecule has 0 aromatic heterocycles. The molecule has 1 unspecified atom stereocenters. The van der Waals surface area contributed by atoms with Crippen molar-refractivity contribution >= 4 is 39.5 Å². The summed E-state index contributed by atoms with van der Waals surface area (Å²) in [6.45, 7) is 0. The summed E-state index contributed by atoms with van der Waals surface area (Å²) in [7, 11) is 0. The summed E-state index contributed by atoms with van der Waals surface area (Å²) in [4.78, 5) is 0. The molecule has 0 spiro atoms. The van der Waals surface area contributed by atoms with Gasteiger partial charge in [0.25, 0.3) is 0 Å². The van der Waals surface area contributed by atoms with Gasteiger partial charge in [-0.2, -0.15) is 0 Å². The third kappa shape index (κ3) is 3.44. The molecular weight excluding hydrogens is 110 g/mol. The summed E-state index contributed by atoms with van der Waals surface area (Å²) in [6, 6.07) is 0. The van der Waals surface area contributed by atoms with Gasteiger partial charge in [-0.15, -0.1) is 0 Å². The fourth-order valence-corrected chi connectivity index (χ4v) is 0.982. The van der Waals surface area contributed by atoms with Gasteiger partial charge in [0.2, 0.25) is 0 Å². The second kappa shape index (κ2) is 4.41. The van der Waals surface area contributed by atoms with Crippen LogP contribution in [-0.4, -0.2) is 45.0 Å². The van der Waals surface area contributed by atoms with Crippen LogP contribution >= 0.6 is 11.6 Å². The summed E-state index contributed by atoms with van der Waals surface area (Å²) in [5, 5.41) is 8.57. The monoisotopic (exact) mass is 116 g/mol. The van der Waals surface area contributed by atoms with Crippen molar-refractivity contribution in [3.05, 3.63) is 0 Å². The molecule has 0 heterocycles. The zero-order valence-corrected chi connectivity index (χ0v) is 6.57. The molecule has 6 heavy (non-hydrogen) atoms. The van der Waals surface area contributed by atoms with E-state index in [2.05, 4.69) is 0 Å². The van der Waals surface area contributed by atoms with Crippen molar-refractivity contribution in [2.24, 2.45) is 0 Å². The third-order valence-electron chi connectivity index (χ3n) is 0.649. The zero-order valence-electron chi connectivity index (χ0n) is 3.82. The number of hydrogen-bond acceptors (Lipinski definition) is 1. The molecule has 0 aliphatic rings. The number of rotatable bonds is 2. The maximum absolute atomic E-state index is 8.57. The van der Waals surface area contributed by atoms with Crippen LogP contribution < -0.4 is 0 Å². The summed E-state index contributed by atoms with van der Waals surface area (Å²) in [6.07, 6.45) is -0.238. The fraction of sp³-hybridized carbons (Fsp3) is 1.00. The molecule has 1 atom stereocenters. The zero-order chi connectivity index (χ0) is 4.99. The van der Waals surface area contributed by atoms with Gasteiger partial charge in [-0.05, 0) is 0 Å². The Labute approximate surface area is 60.1 Å². The van der Waals surface area contributed by atoms with Crippen LogP contribution in [0.15, 0.2) is 0 Å². The van der Waals surface area contributed by atoms with E-state index in [1.807, 2.05) is 0 Å². The van der Waals surface area contributed by atoms with Crippen molar-refractivity contribution in [2.75, 3.05) is 5.88 Å². The molecule has 0 bridgehead atoms. The molecule has 0 aliphatic heterocycles. The van der Waals surface area contributed by atoms with Gasteiger partial charge in [-0.3, -0.25) is 0 Å². The van der Waals surface area contributed by atoms with Gasteiger partial charge in [0.15, 0.2) is 0 Å². The molecule has 0 aliphatic carbocycles. The van der Waals surface area contributed by atoms with Gasteiger partial charge in [0.05, 0.1) is 0 Å². The predicted molar refractivity (Wildman–Crippen MR) is 27.3 cm³/mol. The molecule has 3 heteroatoms. The Morgan fingerprint density at radius 1 is 1.83 bits per heavy atom. The van der Waals surface area contributed by atoms with Gasteiger partial charge < -0.3 is 0 Å². The summed E-state index contributed by atoms with van der Waals surface area (Å²) < 4.78 is 0.892. The molecule has 0 saturated heterocycles. The Hall–Kier alpha value is 1.25. The van der Waals surface area contributed by atoms with Gasteiger partial charge in [-0.1, -0.05) is 0 Å². The first-order valence-corrected chi connectivity index (χ1v) is 4.00. The molecular formula is C3H6ClNaO. The Kier molecular flexibility index (Phi) is 5.33. The van der Waals surface area contributed by atoms with E-state index in [0.29, 0.717) is 5.88 Å². The molecule has 0 rings (SSSR count). The minimum absolute atomic E-state index is 0.238. The normalized spacial score (nSPS) is 14.7. The third-order valence-corrected chi connectivity index (χ3v) is 1.95. The van der Waals surface area contributed by atoms with Crippen molar-refractivity contribution in [1.82, 2.24) is 0 Å². The quantitative estimate of drug-likeness (QED) is 0.403. The average molecular weight is 117 g/mol. The summed E-state index contributed by atoms with van der Waals surface area (Å²) in [5.74, 6) is 0.392. The van der Waals surface area contributed by atoms with Crippen molar-refractivity contribution < 1.29 is 5.11 Å². The van der Waals surface area contributed by atoms with Gasteiger partial charge in [0.1, 0.15) is 0 Å². The van der Waals surface area contributed by atoms with Crippen LogP contribution in [0.3, 0.4) is 0 Å². The minimum atomic E-state index is -0.238. The first-order chi connectivity index (χ1) is 2.81. The second-order valence-electron chi connectivity index (χ2n) is 1.22. The van der Waals surface area contributed by atoms with E-state index >= 15 is 0 Å². The van der Waals surface area contributed by atoms with E-state index in [1.54, 1.807) is 0 Å². The van der Waals surface area contributed by atoms with Crippen LogP contribution in [0.4, 0.5) is 0 Å². The van der Waals surface area contributed by atoms with Gasteiger partial charge >= 0.3 is 60.3 Å². The molecule has 0 saturated carbocycles. The molecule has 32 valence electrons. The van der Waals surface area contributed by atoms with Crippen LogP contribution in [0.2, 0.25) is 3.67 Å². The van der Waals surface area contributed by atoms with Crippen LogP contribution in [0, 0.1) is 0 Å². The first-order valence-electron chi connectivity index (χ1n) is 2.05. The summed E-state index contributed by atoms with van der Waals surface area (Å²) in [5.41, 5.74) is 0. The number of aliphatic hydroxyl groups is 1. The number of alkyl halides is 1. The van der Waals surface area contributed by atoms with E-state index in [0.717, 1.165) is 31.6 Å². The van der Waals surface area contributed by atoms with E-state index in [4.69, 9.17) is 16.7 Å². The van der Waals surface area contributed by atoms with Crippen LogP contribution in [0.25, 0.3) is 0 Å². The first kappa shape index (κ1) is 7.25. The standard InChI is InChI=1S/C3H6ClO.Na/c1-3(5)2-4;/h3,5H,1-2H2;. The topological polar surface area (TPSA) is 20.2 Å². The number of hydrogen-bond donors (Lipinski definition) is 1. The van der Waals surface area contributed by atoms with Crippen molar-refractivity contribution in [1.29, 1.82) is 0 Å². The summed E-state index contributed by atoms with van der Waals surface area (Å²) >= 11 is 6.27. The van der Waals surface area contributed by atoms with Crippen molar-refractivity contribution in [2.45, 2.75) is 9.77 Å². The molecule has 0 radical (unpaired) electrons.